The van der Waals surface area contributed by atoms with Crippen molar-refractivity contribution in [1.29, 1.82) is 0 Å². The molecule has 3 nitrogen and oxygen atoms in total. The van der Waals surface area contributed by atoms with Gasteiger partial charge in [0.2, 0.25) is 0 Å². The van der Waals surface area contributed by atoms with Crippen molar-refractivity contribution in [1.82, 2.24) is 0 Å². The molecule has 3 unspecified atom stereocenters. The number of ether oxygens (including phenoxy) is 1. The largest absolute Gasteiger partial charge is 0.394 e. The van der Waals surface area contributed by atoms with Gasteiger partial charge in [-0.25, -0.2) is 4.39 Å². The van der Waals surface area contributed by atoms with Gasteiger partial charge in [-0.1, -0.05) is 30.3 Å². The second-order valence-electron chi connectivity index (χ2n) is 7.63. The monoisotopic (exact) mass is 412 g/mol. The summed E-state index contributed by atoms with van der Waals surface area (Å²) in [5, 5.41) is 19.4. The number of hydrogen-bond donors (Lipinski definition) is 2. The summed E-state index contributed by atoms with van der Waals surface area (Å²) in [7, 11) is 0. The van der Waals surface area contributed by atoms with E-state index in [1.165, 1.54) is 28.1 Å². The Morgan fingerprint density at radius 3 is 2.62 bits per heavy atom. The van der Waals surface area contributed by atoms with Crippen molar-refractivity contribution in [3.8, 4) is 10.4 Å². The lowest BCUT2D eigenvalue weighted by Gasteiger charge is -2.33. The van der Waals surface area contributed by atoms with Crippen LogP contribution in [0.15, 0.2) is 54.6 Å². The standard InChI is InChI=1S/C24H25FO3S/c1-15-2-3-17(22-10-9-21(27)23(14-26)28-22)12-18(15)13-20-8-11-24(29-20)16-4-6-19(25)7-5-16/h2-8,11-12,21-23,26-27H,9-10,13-14H2,1H3. The SMILES string of the molecule is Cc1ccc(C2CCC(O)C(CO)O2)cc1Cc1ccc(-c2ccc(F)cc2)s1. The Balaban J connectivity index is 1.52. The van der Waals surface area contributed by atoms with Crippen molar-refractivity contribution in [3.05, 3.63) is 82.0 Å². The molecule has 29 heavy (non-hydrogen) atoms. The summed E-state index contributed by atoms with van der Waals surface area (Å²) in [6.45, 7) is 1.94. The molecule has 0 radical (unpaired) electrons. The van der Waals surface area contributed by atoms with Gasteiger partial charge < -0.3 is 14.9 Å². The van der Waals surface area contributed by atoms with Gasteiger partial charge in [0, 0.05) is 16.2 Å². The number of aryl methyl sites for hydroxylation is 1. The molecule has 2 aromatic carbocycles. The predicted molar refractivity (Wildman–Crippen MR) is 114 cm³/mol. The van der Waals surface area contributed by atoms with E-state index in [9.17, 15) is 14.6 Å². The minimum atomic E-state index is -0.600. The summed E-state index contributed by atoms with van der Waals surface area (Å²) in [6.07, 6.45) is 0.975. The number of hydrogen-bond acceptors (Lipinski definition) is 4. The number of aliphatic hydroxyl groups is 2. The van der Waals surface area contributed by atoms with Crippen molar-refractivity contribution in [3.63, 3.8) is 0 Å². The van der Waals surface area contributed by atoms with E-state index >= 15 is 0 Å². The van der Waals surface area contributed by atoms with Crippen molar-refractivity contribution in [2.45, 2.75) is 44.5 Å². The maximum Gasteiger partial charge on any atom is 0.123 e. The van der Waals surface area contributed by atoms with Gasteiger partial charge in [0.25, 0.3) is 0 Å². The Morgan fingerprint density at radius 2 is 1.86 bits per heavy atom. The van der Waals surface area contributed by atoms with Gasteiger partial charge in [-0.05, 0) is 66.3 Å². The smallest absolute Gasteiger partial charge is 0.123 e. The molecule has 5 heteroatoms. The number of halogens is 1. The average molecular weight is 413 g/mol. The van der Waals surface area contributed by atoms with Crippen LogP contribution in [0, 0.1) is 12.7 Å². The van der Waals surface area contributed by atoms with Crippen LogP contribution < -0.4 is 0 Å². The first-order valence-electron chi connectivity index (χ1n) is 9.92. The van der Waals surface area contributed by atoms with Crippen LogP contribution in [-0.2, 0) is 11.2 Å². The Labute approximate surface area is 174 Å². The fourth-order valence-corrected chi connectivity index (χ4v) is 4.84. The van der Waals surface area contributed by atoms with E-state index in [1.54, 1.807) is 11.3 Å². The van der Waals surface area contributed by atoms with Crippen molar-refractivity contribution >= 4 is 11.3 Å². The van der Waals surface area contributed by atoms with E-state index in [1.807, 2.05) is 12.1 Å². The Morgan fingerprint density at radius 1 is 1.07 bits per heavy atom. The highest BCUT2D eigenvalue weighted by Gasteiger charge is 2.30. The molecule has 152 valence electrons. The number of benzene rings is 2. The van der Waals surface area contributed by atoms with Crippen LogP contribution in [-0.4, -0.2) is 29.0 Å². The molecule has 1 aliphatic rings. The fourth-order valence-electron chi connectivity index (χ4n) is 3.80. The molecule has 0 spiro atoms. The molecule has 0 amide bonds. The van der Waals surface area contributed by atoms with Crippen molar-refractivity contribution in [2.24, 2.45) is 0 Å². The fraction of sp³-hybridized carbons (Fsp3) is 0.333. The molecule has 1 fully saturated rings. The molecule has 3 aromatic rings. The molecular weight excluding hydrogens is 387 g/mol. The third-order valence-electron chi connectivity index (χ3n) is 5.57. The Hall–Kier alpha value is -2.05. The van der Waals surface area contributed by atoms with Crippen LogP contribution in [0.25, 0.3) is 10.4 Å². The zero-order valence-electron chi connectivity index (χ0n) is 16.3. The van der Waals surface area contributed by atoms with Crippen LogP contribution in [0.5, 0.6) is 0 Å². The van der Waals surface area contributed by atoms with Crippen LogP contribution in [0.2, 0.25) is 0 Å². The summed E-state index contributed by atoms with van der Waals surface area (Å²) in [4.78, 5) is 2.38. The number of aliphatic hydroxyl groups excluding tert-OH is 2. The van der Waals surface area contributed by atoms with Gasteiger partial charge in [-0.3, -0.25) is 0 Å². The van der Waals surface area contributed by atoms with E-state index in [2.05, 4.69) is 37.3 Å². The highest BCUT2D eigenvalue weighted by molar-refractivity contribution is 7.15. The second kappa shape index (κ2) is 8.76. The van der Waals surface area contributed by atoms with Gasteiger partial charge in [0.05, 0.1) is 18.8 Å². The van der Waals surface area contributed by atoms with Crippen molar-refractivity contribution in [2.75, 3.05) is 6.61 Å². The first-order valence-corrected chi connectivity index (χ1v) is 10.7. The lowest BCUT2D eigenvalue weighted by Crippen LogP contribution is -2.38. The van der Waals surface area contributed by atoms with Gasteiger partial charge in [0.1, 0.15) is 11.9 Å². The molecule has 0 bridgehead atoms. The Bertz CT molecular complexity index is 967. The highest BCUT2D eigenvalue weighted by Crippen LogP contribution is 2.34. The molecule has 1 aromatic heterocycles. The molecule has 4 rings (SSSR count). The Kier molecular flexibility index (Phi) is 6.11. The maximum absolute atomic E-state index is 13.2. The van der Waals surface area contributed by atoms with Gasteiger partial charge in [-0.15, -0.1) is 11.3 Å². The zero-order chi connectivity index (χ0) is 20.4. The highest BCUT2D eigenvalue weighted by atomic mass is 32.1. The molecular formula is C24H25FO3S. The minimum absolute atomic E-state index is 0.104. The third kappa shape index (κ3) is 4.59. The number of rotatable bonds is 5. The van der Waals surface area contributed by atoms with Gasteiger partial charge >= 0.3 is 0 Å². The first-order chi connectivity index (χ1) is 14.0. The van der Waals surface area contributed by atoms with E-state index in [-0.39, 0.29) is 18.5 Å². The van der Waals surface area contributed by atoms with E-state index in [0.29, 0.717) is 6.42 Å². The normalized spacial score (nSPS) is 22.0. The topological polar surface area (TPSA) is 49.7 Å². The van der Waals surface area contributed by atoms with Crippen LogP contribution in [0.1, 0.15) is 40.5 Å². The lowest BCUT2D eigenvalue weighted by atomic mass is 9.93. The number of thiophene rings is 1. The van der Waals surface area contributed by atoms with E-state index < -0.39 is 12.2 Å². The van der Waals surface area contributed by atoms with Crippen LogP contribution in [0.4, 0.5) is 4.39 Å². The third-order valence-corrected chi connectivity index (χ3v) is 6.71. The first kappa shape index (κ1) is 20.2. The summed E-state index contributed by atoms with van der Waals surface area (Å²) in [5.74, 6) is -0.223. The van der Waals surface area contributed by atoms with Gasteiger partial charge in [-0.2, -0.15) is 0 Å². The van der Waals surface area contributed by atoms with Crippen LogP contribution in [0.3, 0.4) is 0 Å². The minimum Gasteiger partial charge on any atom is -0.394 e. The quantitative estimate of drug-likeness (QED) is 0.618. The predicted octanol–water partition coefficient (Wildman–Crippen LogP) is 5.03. The average Bonchev–Trinajstić information content (AvgIpc) is 3.19. The van der Waals surface area contributed by atoms with Gasteiger partial charge in [0.15, 0.2) is 0 Å². The van der Waals surface area contributed by atoms with E-state index in [0.717, 1.165) is 28.8 Å². The summed E-state index contributed by atoms with van der Waals surface area (Å²) < 4.78 is 19.1. The molecule has 3 atom stereocenters. The molecule has 0 saturated carbocycles. The molecule has 2 N–H and O–H groups in total. The van der Waals surface area contributed by atoms with Crippen molar-refractivity contribution < 1.29 is 19.3 Å². The lowest BCUT2D eigenvalue weighted by molar-refractivity contribution is -0.135. The molecule has 0 aliphatic carbocycles. The summed E-state index contributed by atoms with van der Waals surface area (Å²) in [6, 6.07) is 17.2. The second-order valence-corrected chi connectivity index (χ2v) is 8.79. The summed E-state index contributed by atoms with van der Waals surface area (Å²) >= 11 is 1.72. The molecule has 2 heterocycles. The maximum atomic E-state index is 13.2. The zero-order valence-corrected chi connectivity index (χ0v) is 17.2. The van der Waals surface area contributed by atoms with E-state index in [4.69, 9.17) is 4.74 Å². The molecule has 1 saturated heterocycles. The van der Waals surface area contributed by atoms with Crippen LogP contribution >= 0.6 is 11.3 Å². The summed E-state index contributed by atoms with van der Waals surface area (Å²) in [5.41, 5.74) is 4.58. The molecule has 1 aliphatic heterocycles.